The molecule has 0 aliphatic rings. The Labute approximate surface area is 133 Å². The Hall–Kier alpha value is -3.01. The third-order valence-electron chi connectivity index (χ3n) is 3.53. The molecule has 1 heterocycles. The van der Waals surface area contributed by atoms with Crippen LogP contribution in [0.1, 0.15) is 15.9 Å². The van der Waals surface area contributed by atoms with Crippen molar-refractivity contribution in [3.8, 4) is 11.3 Å². The van der Waals surface area contributed by atoms with Gasteiger partial charge in [-0.15, -0.1) is 0 Å². The number of rotatable bonds is 3. The van der Waals surface area contributed by atoms with Crippen molar-refractivity contribution in [3.05, 3.63) is 83.8 Å². The van der Waals surface area contributed by atoms with Gasteiger partial charge in [-0.2, -0.15) is 0 Å². The highest BCUT2D eigenvalue weighted by atomic mass is 19.1. The highest BCUT2D eigenvalue weighted by molar-refractivity contribution is 6.04. The lowest BCUT2D eigenvalue weighted by molar-refractivity contribution is 0.102. The number of carbonyl (C=O) groups excluding carboxylic acids is 1. The average molecular weight is 306 g/mol. The van der Waals surface area contributed by atoms with Gasteiger partial charge >= 0.3 is 0 Å². The molecule has 0 radical (unpaired) electrons. The molecule has 3 aromatic rings. The molecule has 0 aliphatic carbocycles. The summed E-state index contributed by atoms with van der Waals surface area (Å²) in [6, 6.07) is 17.2. The molecule has 2 aromatic carbocycles. The summed E-state index contributed by atoms with van der Waals surface area (Å²) < 4.78 is 13.1. The monoisotopic (exact) mass is 306 g/mol. The maximum atomic E-state index is 13.1. The standard InChI is InChI=1S/C19H15FN2O/c1-13-5-2-3-8-17(13)18-10-9-14(12-21-18)19(23)22-16-7-4-6-15(20)11-16/h2-12H,1H3,(H,22,23). The van der Waals surface area contributed by atoms with Gasteiger partial charge in [0.15, 0.2) is 0 Å². The van der Waals surface area contributed by atoms with Crippen LogP contribution in [0, 0.1) is 12.7 Å². The fourth-order valence-corrected chi connectivity index (χ4v) is 2.32. The van der Waals surface area contributed by atoms with E-state index in [1.54, 1.807) is 18.2 Å². The van der Waals surface area contributed by atoms with Gasteiger partial charge in [0, 0.05) is 17.4 Å². The molecule has 0 unspecified atom stereocenters. The largest absolute Gasteiger partial charge is 0.322 e. The molecule has 3 nitrogen and oxygen atoms in total. The lowest BCUT2D eigenvalue weighted by atomic mass is 10.0. The van der Waals surface area contributed by atoms with Gasteiger partial charge in [-0.3, -0.25) is 9.78 Å². The molecular weight excluding hydrogens is 291 g/mol. The van der Waals surface area contributed by atoms with Gasteiger partial charge < -0.3 is 5.32 Å². The summed E-state index contributed by atoms with van der Waals surface area (Å²) >= 11 is 0. The fraction of sp³-hybridized carbons (Fsp3) is 0.0526. The van der Waals surface area contributed by atoms with E-state index in [9.17, 15) is 9.18 Å². The number of aromatic nitrogens is 1. The van der Waals surface area contributed by atoms with Crippen molar-refractivity contribution < 1.29 is 9.18 Å². The minimum Gasteiger partial charge on any atom is -0.322 e. The molecule has 1 amide bonds. The molecule has 0 spiro atoms. The number of amides is 1. The summed E-state index contributed by atoms with van der Waals surface area (Å²) in [5, 5.41) is 2.65. The van der Waals surface area contributed by atoms with E-state index in [1.807, 2.05) is 37.3 Å². The van der Waals surface area contributed by atoms with Crippen molar-refractivity contribution in [2.24, 2.45) is 0 Å². The molecule has 0 atom stereocenters. The van der Waals surface area contributed by atoms with Gasteiger partial charge in [0.25, 0.3) is 5.91 Å². The number of benzene rings is 2. The molecule has 1 N–H and O–H groups in total. The first kappa shape index (κ1) is 14.9. The SMILES string of the molecule is Cc1ccccc1-c1ccc(C(=O)Nc2cccc(F)c2)cn1. The minimum absolute atomic E-state index is 0.320. The Morgan fingerprint density at radius 2 is 1.87 bits per heavy atom. The number of hydrogen-bond donors (Lipinski definition) is 1. The zero-order valence-electron chi connectivity index (χ0n) is 12.6. The van der Waals surface area contributed by atoms with Crippen LogP contribution in [-0.4, -0.2) is 10.9 Å². The van der Waals surface area contributed by atoms with E-state index >= 15 is 0 Å². The van der Waals surface area contributed by atoms with Crippen molar-refractivity contribution in [3.63, 3.8) is 0 Å². The molecule has 0 saturated heterocycles. The van der Waals surface area contributed by atoms with Crippen LogP contribution in [-0.2, 0) is 0 Å². The van der Waals surface area contributed by atoms with E-state index in [1.165, 1.54) is 18.3 Å². The van der Waals surface area contributed by atoms with Crippen LogP contribution in [0.2, 0.25) is 0 Å². The molecule has 114 valence electrons. The maximum Gasteiger partial charge on any atom is 0.257 e. The lowest BCUT2D eigenvalue weighted by Gasteiger charge is -2.07. The van der Waals surface area contributed by atoms with Crippen LogP contribution in [0.5, 0.6) is 0 Å². The van der Waals surface area contributed by atoms with Crippen LogP contribution in [0.3, 0.4) is 0 Å². The first-order valence-corrected chi connectivity index (χ1v) is 7.22. The number of pyridine rings is 1. The number of nitrogens with zero attached hydrogens (tertiary/aromatic N) is 1. The molecule has 3 rings (SSSR count). The number of hydrogen-bond acceptors (Lipinski definition) is 2. The smallest absolute Gasteiger partial charge is 0.257 e. The first-order chi connectivity index (χ1) is 11.1. The van der Waals surface area contributed by atoms with Crippen LogP contribution < -0.4 is 5.32 Å². The zero-order chi connectivity index (χ0) is 16.2. The molecular formula is C19H15FN2O. The normalized spacial score (nSPS) is 10.3. The predicted octanol–water partition coefficient (Wildman–Crippen LogP) is 4.45. The van der Waals surface area contributed by atoms with Crippen molar-refractivity contribution in [2.45, 2.75) is 6.92 Å². The third kappa shape index (κ3) is 3.43. The van der Waals surface area contributed by atoms with Crippen LogP contribution in [0.15, 0.2) is 66.9 Å². The number of anilines is 1. The summed E-state index contributed by atoms with van der Waals surface area (Å²) in [7, 11) is 0. The number of aryl methyl sites for hydroxylation is 1. The fourth-order valence-electron chi connectivity index (χ4n) is 2.32. The van der Waals surface area contributed by atoms with Crippen molar-refractivity contribution in [2.75, 3.05) is 5.32 Å². The van der Waals surface area contributed by atoms with E-state index in [4.69, 9.17) is 0 Å². The number of nitrogens with one attached hydrogen (secondary N) is 1. The van der Waals surface area contributed by atoms with Gasteiger partial charge in [-0.05, 0) is 42.8 Å². The van der Waals surface area contributed by atoms with Gasteiger partial charge in [-0.25, -0.2) is 4.39 Å². The van der Waals surface area contributed by atoms with Crippen LogP contribution in [0.4, 0.5) is 10.1 Å². The summed E-state index contributed by atoms with van der Waals surface area (Å²) in [6.07, 6.45) is 1.52. The first-order valence-electron chi connectivity index (χ1n) is 7.22. The summed E-state index contributed by atoms with van der Waals surface area (Å²) in [5.74, 6) is -0.713. The van der Waals surface area contributed by atoms with Crippen molar-refractivity contribution in [1.29, 1.82) is 0 Å². The molecule has 23 heavy (non-hydrogen) atoms. The second kappa shape index (κ2) is 6.40. The van der Waals surface area contributed by atoms with E-state index in [0.717, 1.165) is 16.8 Å². The van der Waals surface area contributed by atoms with Crippen molar-refractivity contribution >= 4 is 11.6 Å². The molecule has 0 bridgehead atoms. The molecule has 1 aromatic heterocycles. The van der Waals surface area contributed by atoms with Gasteiger partial charge in [-0.1, -0.05) is 30.3 Å². The molecule has 4 heteroatoms. The second-order valence-corrected chi connectivity index (χ2v) is 5.21. The van der Waals surface area contributed by atoms with Crippen LogP contribution >= 0.6 is 0 Å². The summed E-state index contributed by atoms with van der Waals surface area (Å²) in [6.45, 7) is 2.02. The average Bonchev–Trinajstić information content (AvgIpc) is 2.55. The van der Waals surface area contributed by atoms with E-state index in [-0.39, 0.29) is 5.91 Å². The Balaban J connectivity index is 1.79. The molecule has 0 aliphatic heterocycles. The second-order valence-electron chi connectivity index (χ2n) is 5.21. The zero-order valence-corrected chi connectivity index (χ0v) is 12.6. The van der Waals surface area contributed by atoms with Gasteiger partial charge in [0.2, 0.25) is 0 Å². The Kier molecular flexibility index (Phi) is 4.15. The van der Waals surface area contributed by atoms with E-state index < -0.39 is 5.82 Å². The number of carbonyl (C=O) groups is 1. The van der Waals surface area contributed by atoms with Gasteiger partial charge in [0.05, 0.1) is 11.3 Å². The summed E-state index contributed by atoms with van der Waals surface area (Å²) in [4.78, 5) is 16.5. The third-order valence-corrected chi connectivity index (χ3v) is 3.53. The number of halogens is 1. The lowest BCUT2D eigenvalue weighted by Crippen LogP contribution is -2.12. The van der Waals surface area contributed by atoms with Crippen LogP contribution in [0.25, 0.3) is 11.3 Å². The maximum absolute atomic E-state index is 13.1. The minimum atomic E-state index is -0.393. The topological polar surface area (TPSA) is 42.0 Å². The Bertz CT molecular complexity index is 844. The quantitative estimate of drug-likeness (QED) is 0.777. The van der Waals surface area contributed by atoms with Gasteiger partial charge in [0.1, 0.15) is 5.82 Å². The summed E-state index contributed by atoms with van der Waals surface area (Å²) in [5.41, 5.74) is 3.80. The highest BCUT2D eigenvalue weighted by Gasteiger charge is 2.08. The van der Waals surface area contributed by atoms with E-state index in [0.29, 0.717) is 11.3 Å². The molecule has 0 saturated carbocycles. The van der Waals surface area contributed by atoms with Crippen molar-refractivity contribution in [1.82, 2.24) is 4.98 Å². The Morgan fingerprint density at radius 3 is 2.57 bits per heavy atom. The Morgan fingerprint density at radius 1 is 1.04 bits per heavy atom. The van der Waals surface area contributed by atoms with E-state index in [2.05, 4.69) is 10.3 Å². The predicted molar refractivity (Wildman–Crippen MR) is 88.8 cm³/mol. The highest BCUT2D eigenvalue weighted by Crippen LogP contribution is 2.21. The molecule has 0 fully saturated rings.